The first kappa shape index (κ1) is 9.69. The van der Waals surface area contributed by atoms with Gasteiger partial charge in [-0.05, 0) is 32.0 Å². The number of piperidine rings is 1. The predicted octanol–water partition coefficient (Wildman–Crippen LogP) is 1.70. The zero-order chi connectivity index (χ0) is 9.80. The van der Waals surface area contributed by atoms with Crippen LogP contribution in [0.3, 0.4) is 0 Å². The van der Waals surface area contributed by atoms with Gasteiger partial charge in [-0.2, -0.15) is 0 Å². The van der Waals surface area contributed by atoms with Crippen molar-refractivity contribution in [3.05, 3.63) is 35.9 Å². The largest absolute Gasteiger partial charge is 0.315 e. The lowest BCUT2D eigenvalue weighted by Crippen LogP contribution is -2.44. The molecule has 76 valence electrons. The molecule has 2 rings (SSSR count). The summed E-state index contributed by atoms with van der Waals surface area (Å²) < 4.78 is 0. The predicted molar refractivity (Wildman–Crippen MR) is 59.3 cm³/mol. The van der Waals surface area contributed by atoms with Crippen LogP contribution in [0.25, 0.3) is 0 Å². The van der Waals surface area contributed by atoms with Gasteiger partial charge >= 0.3 is 0 Å². The second-order valence-corrected chi connectivity index (χ2v) is 3.88. The smallest absolute Gasteiger partial charge is 0.0475 e. The Hall–Kier alpha value is -0.860. The summed E-state index contributed by atoms with van der Waals surface area (Å²) in [5.74, 6) is 0. The molecule has 2 nitrogen and oxygen atoms in total. The van der Waals surface area contributed by atoms with E-state index in [1.807, 2.05) is 7.05 Å². The number of hydrogen-bond acceptors (Lipinski definition) is 2. The van der Waals surface area contributed by atoms with Gasteiger partial charge in [0.25, 0.3) is 0 Å². The van der Waals surface area contributed by atoms with E-state index in [9.17, 15) is 0 Å². The molecule has 0 aliphatic carbocycles. The number of likely N-dealkylation sites (N-methyl/N-ethyl adjacent to an activating group) is 1. The highest BCUT2D eigenvalue weighted by atomic mass is 15.0. The highest BCUT2D eigenvalue weighted by Crippen LogP contribution is 2.22. The van der Waals surface area contributed by atoms with Crippen LogP contribution >= 0.6 is 0 Å². The van der Waals surface area contributed by atoms with Crippen molar-refractivity contribution >= 4 is 0 Å². The summed E-state index contributed by atoms with van der Waals surface area (Å²) in [5.41, 5.74) is 1.39. The number of rotatable bonds is 2. The van der Waals surface area contributed by atoms with Crippen LogP contribution in [-0.4, -0.2) is 19.6 Å². The molecular formula is C12H18N2. The Morgan fingerprint density at radius 1 is 1.29 bits per heavy atom. The molecule has 0 aromatic heterocycles. The molecule has 1 heterocycles. The summed E-state index contributed by atoms with van der Waals surface area (Å²) in [6.45, 7) is 1.14. The maximum Gasteiger partial charge on any atom is 0.0475 e. The minimum absolute atomic E-state index is 0.481. The van der Waals surface area contributed by atoms with E-state index >= 15 is 0 Å². The van der Waals surface area contributed by atoms with Gasteiger partial charge in [-0.1, -0.05) is 30.3 Å². The van der Waals surface area contributed by atoms with Gasteiger partial charge in [-0.3, -0.25) is 0 Å². The second kappa shape index (κ2) is 4.58. The number of hydrogen-bond donors (Lipinski definition) is 2. The third-order valence-corrected chi connectivity index (χ3v) is 2.99. The zero-order valence-corrected chi connectivity index (χ0v) is 8.66. The lowest BCUT2D eigenvalue weighted by atomic mass is 9.92. The first-order chi connectivity index (χ1) is 6.92. The lowest BCUT2D eigenvalue weighted by Gasteiger charge is -2.32. The van der Waals surface area contributed by atoms with Gasteiger partial charge in [0.1, 0.15) is 0 Å². The quantitative estimate of drug-likeness (QED) is 0.741. The molecule has 0 bridgehead atoms. The molecule has 1 saturated heterocycles. The molecule has 1 aromatic carbocycles. The molecule has 1 aromatic rings. The zero-order valence-electron chi connectivity index (χ0n) is 8.66. The normalized spacial score (nSPS) is 27.5. The van der Waals surface area contributed by atoms with E-state index in [0.29, 0.717) is 12.1 Å². The van der Waals surface area contributed by atoms with E-state index in [2.05, 4.69) is 41.0 Å². The highest BCUT2D eigenvalue weighted by Gasteiger charge is 2.23. The molecule has 0 radical (unpaired) electrons. The fraction of sp³-hybridized carbons (Fsp3) is 0.500. The molecule has 2 atom stereocenters. The highest BCUT2D eigenvalue weighted by molar-refractivity contribution is 5.21. The van der Waals surface area contributed by atoms with Crippen LogP contribution in [0.5, 0.6) is 0 Å². The summed E-state index contributed by atoms with van der Waals surface area (Å²) in [6, 6.07) is 11.7. The van der Waals surface area contributed by atoms with Gasteiger partial charge in [-0.15, -0.1) is 0 Å². The maximum absolute atomic E-state index is 3.57. The second-order valence-electron chi connectivity index (χ2n) is 3.88. The lowest BCUT2D eigenvalue weighted by molar-refractivity contribution is 0.321. The maximum atomic E-state index is 3.57. The van der Waals surface area contributed by atoms with Crippen molar-refractivity contribution in [3.63, 3.8) is 0 Å². The first-order valence-corrected chi connectivity index (χ1v) is 5.37. The van der Waals surface area contributed by atoms with E-state index in [-0.39, 0.29) is 0 Å². The molecule has 0 unspecified atom stereocenters. The van der Waals surface area contributed by atoms with Crippen LogP contribution < -0.4 is 10.6 Å². The van der Waals surface area contributed by atoms with Crippen LogP contribution in [0.4, 0.5) is 0 Å². The van der Waals surface area contributed by atoms with E-state index in [1.54, 1.807) is 0 Å². The molecule has 0 spiro atoms. The van der Waals surface area contributed by atoms with Crippen LogP contribution in [0, 0.1) is 0 Å². The van der Waals surface area contributed by atoms with E-state index in [1.165, 1.54) is 18.4 Å². The van der Waals surface area contributed by atoms with Crippen molar-refractivity contribution in [2.45, 2.75) is 24.9 Å². The van der Waals surface area contributed by atoms with Gasteiger partial charge in [-0.25, -0.2) is 0 Å². The van der Waals surface area contributed by atoms with Crippen molar-refractivity contribution in [3.8, 4) is 0 Å². The summed E-state index contributed by atoms with van der Waals surface area (Å²) in [6.07, 6.45) is 2.54. The monoisotopic (exact) mass is 190 g/mol. The summed E-state index contributed by atoms with van der Waals surface area (Å²) in [7, 11) is 2.05. The first-order valence-electron chi connectivity index (χ1n) is 5.37. The molecule has 1 aliphatic heterocycles. The van der Waals surface area contributed by atoms with Gasteiger partial charge in [0, 0.05) is 12.1 Å². The summed E-state index contributed by atoms with van der Waals surface area (Å²) in [4.78, 5) is 0. The SMILES string of the molecule is CN[C@@H]1CCCN[C@@H]1c1ccccc1. The Morgan fingerprint density at radius 3 is 2.79 bits per heavy atom. The van der Waals surface area contributed by atoms with Crippen molar-refractivity contribution in [2.24, 2.45) is 0 Å². The summed E-state index contributed by atoms with van der Waals surface area (Å²) in [5, 5.41) is 6.96. The minimum Gasteiger partial charge on any atom is -0.315 e. The molecular weight excluding hydrogens is 172 g/mol. The third kappa shape index (κ3) is 1.97. The van der Waals surface area contributed by atoms with Crippen molar-refractivity contribution < 1.29 is 0 Å². The number of nitrogens with one attached hydrogen (secondary N) is 2. The van der Waals surface area contributed by atoms with Crippen molar-refractivity contribution in [1.29, 1.82) is 0 Å². The Morgan fingerprint density at radius 2 is 2.07 bits per heavy atom. The third-order valence-electron chi connectivity index (χ3n) is 2.99. The van der Waals surface area contributed by atoms with Crippen LogP contribution in [0.1, 0.15) is 24.4 Å². The molecule has 1 aliphatic rings. The van der Waals surface area contributed by atoms with Gasteiger partial charge in [0.05, 0.1) is 0 Å². The van der Waals surface area contributed by atoms with Gasteiger partial charge in [0.2, 0.25) is 0 Å². The van der Waals surface area contributed by atoms with Gasteiger partial charge in [0.15, 0.2) is 0 Å². The molecule has 14 heavy (non-hydrogen) atoms. The van der Waals surface area contributed by atoms with Crippen LogP contribution in [0.2, 0.25) is 0 Å². The minimum atomic E-state index is 0.481. The van der Waals surface area contributed by atoms with Crippen LogP contribution in [0.15, 0.2) is 30.3 Å². The van der Waals surface area contributed by atoms with Crippen molar-refractivity contribution in [1.82, 2.24) is 10.6 Å². The van der Waals surface area contributed by atoms with Gasteiger partial charge < -0.3 is 10.6 Å². The topological polar surface area (TPSA) is 24.1 Å². The molecule has 1 fully saturated rings. The summed E-state index contributed by atoms with van der Waals surface area (Å²) >= 11 is 0. The van der Waals surface area contributed by atoms with Crippen molar-refractivity contribution in [2.75, 3.05) is 13.6 Å². The fourth-order valence-corrected chi connectivity index (χ4v) is 2.21. The molecule has 2 heteroatoms. The fourth-order valence-electron chi connectivity index (χ4n) is 2.21. The van der Waals surface area contributed by atoms with E-state index in [0.717, 1.165) is 6.54 Å². The Labute approximate surface area is 85.7 Å². The average molecular weight is 190 g/mol. The average Bonchev–Trinajstić information content (AvgIpc) is 2.30. The van der Waals surface area contributed by atoms with E-state index in [4.69, 9.17) is 0 Å². The Bertz CT molecular complexity index is 271. The molecule has 0 saturated carbocycles. The standard InChI is InChI=1S/C12H18N2/c1-13-11-8-5-9-14-12(11)10-6-3-2-4-7-10/h2-4,6-7,11-14H,5,8-9H2,1H3/t11-,12-/m1/s1. The Balaban J connectivity index is 2.15. The van der Waals surface area contributed by atoms with E-state index < -0.39 is 0 Å². The molecule has 2 N–H and O–H groups in total. The molecule has 0 amide bonds. The Kier molecular flexibility index (Phi) is 3.17. The number of benzene rings is 1. The van der Waals surface area contributed by atoms with Crippen LogP contribution in [-0.2, 0) is 0 Å².